The van der Waals surface area contributed by atoms with Crippen LogP contribution in [0.3, 0.4) is 0 Å². The number of nitrogens with zero attached hydrogens (tertiary/aromatic N) is 1. The first-order chi connectivity index (χ1) is 13.1. The molecule has 1 heterocycles. The van der Waals surface area contributed by atoms with E-state index in [-0.39, 0.29) is 18.0 Å². The van der Waals surface area contributed by atoms with Crippen molar-refractivity contribution in [1.29, 1.82) is 0 Å². The van der Waals surface area contributed by atoms with Crippen molar-refractivity contribution in [3.63, 3.8) is 0 Å². The van der Waals surface area contributed by atoms with E-state index >= 15 is 0 Å². The van der Waals surface area contributed by atoms with Crippen LogP contribution >= 0.6 is 0 Å². The topological polar surface area (TPSA) is 83.7 Å². The molecule has 2 N–H and O–H groups in total. The van der Waals surface area contributed by atoms with Gasteiger partial charge in [-0.3, -0.25) is 0 Å². The van der Waals surface area contributed by atoms with Gasteiger partial charge >= 0.3 is 5.97 Å². The fourth-order valence-electron chi connectivity index (χ4n) is 3.11. The first-order valence-corrected chi connectivity index (χ1v) is 8.64. The maximum Gasteiger partial charge on any atom is 0.342 e. The molecular weight excluding hydrogens is 344 g/mol. The van der Waals surface area contributed by atoms with Crippen LogP contribution in [0, 0.1) is 0 Å². The molecule has 0 radical (unpaired) electrons. The molecule has 0 amide bonds. The molecule has 27 heavy (non-hydrogen) atoms. The summed E-state index contributed by atoms with van der Waals surface area (Å²) in [5, 5.41) is 0.757. The lowest BCUT2D eigenvalue weighted by atomic mass is 9.95. The fourth-order valence-corrected chi connectivity index (χ4v) is 3.11. The summed E-state index contributed by atoms with van der Waals surface area (Å²) in [7, 11) is 3.21. The Hall–Kier alpha value is -3.28. The monoisotopic (exact) mass is 366 g/mol. The van der Waals surface area contributed by atoms with Crippen molar-refractivity contribution < 1.29 is 19.0 Å². The van der Waals surface area contributed by atoms with Crippen LogP contribution in [0.5, 0.6) is 11.5 Å². The van der Waals surface area contributed by atoms with Gasteiger partial charge in [-0.05, 0) is 48.7 Å². The van der Waals surface area contributed by atoms with Crippen LogP contribution in [0.15, 0.2) is 42.5 Å². The Morgan fingerprint density at radius 2 is 1.81 bits per heavy atom. The van der Waals surface area contributed by atoms with Gasteiger partial charge in [0, 0.05) is 5.39 Å². The van der Waals surface area contributed by atoms with Crippen molar-refractivity contribution in [2.45, 2.75) is 13.3 Å². The predicted octanol–water partition coefficient (Wildman–Crippen LogP) is 3.60. The van der Waals surface area contributed by atoms with E-state index in [1.54, 1.807) is 21.1 Å². The van der Waals surface area contributed by atoms with Gasteiger partial charge in [0.2, 0.25) is 0 Å². The first-order valence-electron chi connectivity index (χ1n) is 8.64. The normalized spacial score (nSPS) is 10.6. The van der Waals surface area contributed by atoms with Crippen LogP contribution in [0.4, 0.5) is 5.82 Å². The molecule has 6 heteroatoms. The number of esters is 1. The number of aromatic nitrogens is 1. The number of anilines is 1. The third kappa shape index (κ3) is 3.65. The maximum absolute atomic E-state index is 12.6. The van der Waals surface area contributed by atoms with Crippen molar-refractivity contribution >= 4 is 22.7 Å². The average Bonchev–Trinajstić information content (AvgIpc) is 2.68. The molecule has 0 saturated heterocycles. The lowest BCUT2D eigenvalue weighted by Crippen LogP contribution is -2.14. The minimum Gasteiger partial charge on any atom is -0.497 e. The van der Waals surface area contributed by atoms with Crippen LogP contribution in [0.2, 0.25) is 0 Å². The molecule has 0 aliphatic heterocycles. The van der Waals surface area contributed by atoms with Crippen LogP contribution < -0.4 is 15.2 Å². The van der Waals surface area contributed by atoms with Crippen LogP contribution in [-0.4, -0.2) is 31.8 Å². The molecule has 0 fully saturated rings. The Morgan fingerprint density at radius 1 is 1.07 bits per heavy atom. The zero-order chi connectivity index (χ0) is 19.4. The van der Waals surface area contributed by atoms with Crippen molar-refractivity contribution in [2.24, 2.45) is 0 Å². The Morgan fingerprint density at radius 3 is 2.44 bits per heavy atom. The molecule has 3 aromatic rings. The summed E-state index contributed by atoms with van der Waals surface area (Å²) in [6.45, 7) is 2.01. The second-order valence-electron chi connectivity index (χ2n) is 5.95. The molecule has 6 nitrogen and oxygen atoms in total. The minimum atomic E-state index is -0.487. The van der Waals surface area contributed by atoms with Crippen molar-refractivity contribution in [2.75, 3.05) is 26.6 Å². The highest BCUT2D eigenvalue weighted by atomic mass is 16.5. The molecule has 3 rings (SSSR count). The first kappa shape index (κ1) is 18.5. The molecule has 0 bridgehead atoms. The van der Waals surface area contributed by atoms with E-state index in [9.17, 15) is 4.79 Å². The third-order valence-electron chi connectivity index (χ3n) is 4.34. The van der Waals surface area contributed by atoms with E-state index in [1.807, 2.05) is 42.5 Å². The number of methoxy groups -OCH3 is 2. The van der Waals surface area contributed by atoms with Gasteiger partial charge < -0.3 is 19.9 Å². The van der Waals surface area contributed by atoms with Crippen LogP contribution in [0.25, 0.3) is 10.9 Å². The van der Waals surface area contributed by atoms with Gasteiger partial charge in [-0.1, -0.05) is 18.2 Å². The molecule has 0 atom stereocenters. The molecule has 0 spiro atoms. The molecule has 0 unspecified atom stereocenters. The molecule has 0 aliphatic carbocycles. The molecule has 0 aliphatic rings. The highest BCUT2D eigenvalue weighted by molar-refractivity contribution is 6.03. The van der Waals surface area contributed by atoms with Crippen molar-refractivity contribution in [1.82, 2.24) is 4.98 Å². The largest absolute Gasteiger partial charge is 0.497 e. The van der Waals surface area contributed by atoms with E-state index in [0.717, 1.165) is 22.3 Å². The Bertz CT molecular complexity index is 968. The van der Waals surface area contributed by atoms with Gasteiger partial charge in [0.25, 0.3) is 0 Å². The summed E-state index contributed by atoms with van der Waals surface area (Å²) in [6.07, 6.45) is 0.474. The number of pyridine rings is 1. The fraction of sp³-hybridized carbons (Fsp3) is 0.238. The van der Waals surface area contributed by atoms with Crippen LogP contribution in [-0.2, 0) is 11.2 Å². The summed E-state index contributed by atoms with van der Waals surface area (Å²) in [6, 6.07) is 13.2. The standard InChI is InChI=1S/C21H22N2O4/c1-4-27-21(24)19-15(12-13-8-10-14(25-2)11-9-13)18-16(23-20(19)22)6-5-7-17(18)26-3/h5-11H,4,12H2,1-3H3,(H2,22,23). The quantitative estimate of drug-likeness (QED) is 0.671. The third-order valence-corrected chi connectivity index (χ3v) is 4.34. The number of fused-ring (bicyclic) bond motifs is 1. The Labute approximate surface area is 157 Å². The number of carbonyl (C=O) groups is 1. The summed E-state index contributed by atoms with van der Waals surface area (Å²) in [5.74, 6) is 1.06. The number of benzene rings is 2. The summed E-state index contributed by atoms with van der Waals surface area (Å²) in [5.41, 5.74) is 8.82. The van der Waals surface area contributed by atoms with E-state index in [0.29, 0.717) is 17.7 Å². The molecular formula is C21H22N2O4. The van der Waals surface area contributed by atoms with Gasteiger partial charge in [0.05, 0.1) is 26.3 Å². The Balaban J connectivity index is 2.23. The SMILES string of the molecule is CCOC(=O)c1c(N)nc2cccc(OC)c2c1Cc1ccc(OC)cc1. The Kier molecular flexibility index (Phi) is 5.45. The summed E-state index contributed by atoms with van der Waals surface area (Å²) < 4.78 is 16.0. The van der Waals surface area contributed by atoms with E-state index in [1.165, 1.54) is 0 Å². The average molecular weight is 366 g/mol. The second kappa shape index (κ2) is 7.95. The number of hydrogen-bond donors (Lipinski definition) is 1. The summed E-state index contributed by atoms with van der Waals surface area (Å²) in [4.78, 5) is 17.0. The van der Waals surface area contributed by atoms with Crippen molar-refractivity contribution in [3.8, 4) is 11.5 Å². The number of hydrogen-bond acceptors (Lipinski definition) is 6. The number of carbonyl (C=O) groups excluding carboxylic acids is 1. The number of nitrogens with two attached hydrogens (primary N) is 1. The molecule has 1 aromatic heterocycles. The van der Waals surface area contributed by atoms with Gasteiger partial charge in [-0.2, -0.15) is 0 Å². The van der Waals surface area contributed by atoms with E-state index < -0.39 is 5.97 Å². The molecule has 0 saturated carbocycles. The zero-order valence-electron chi connectivity index (χ0n) is 15.6. The predicted molar refractivity (Wildman–Crippen MR) is 104 cm³/mol. The number of rotatable bonds is 6. The second-order valence-corrected chi connectivity index (χ2v) is 5.95. The lowest BCUT2D eigenvalue weighted by molar-refractivity contribution is 0.0526. The maximum atomic E-state index is 12.6. The van der Waals surface area contributed by atoms with E-state index in [2.05, 4.69) is 4.98 Å². The minimum absolute atomic E-state index is 0.151. The van der Waals surface area contributed by atoms with Gasteiger partial charge in [0.15, 0.2) is 0 Å². The molecule has 2 aromatic carbocycles. The van der Waals surface area contributed by atoms with Gasteiger partial charge in [-0.25, -0.2) is 9.78 Å². The highest BCUT2D eigenvalue weighted by Crippen LogP contribution is 2.34. The van der Waals surface area contributed by atoms with Gasteiger partial charge in [-0.15, -0.1) is 0 Å². The highest BCUT2D eigenvalue weighted by Gasteiger charge is 2.23. The van der Waals surface area contributed by atoms with Gasteiger partial charge in [0.1, 0.15) is 22.9 Å². The zero-order valence-corrected chi connectivity index (χ0v) is 15.6. The smallest absolute Gasteiger partial charge is 0.342 e. The van der Waals surface area contributed by atoms with E-state index in [4.69, 9.17) is 19.9 Å². The molecule has 140 valence electrons. The summed E-state index contributed by atoms with van der Waals surface area (Å²) >= 11 is 0. The lowest BCUT2D eigenvalue weighted by Gasteiger charge is -2.16. The number of ether oxygens (including phenoxy) is 3. The number of nitrogen functional groups attached to an aromatic ring is 1. The van der Waals surface area contributed by atoms with Crippen LogP contribution in [0.1, 0.15) is 28.4 Å². The van der Waals surface area contributed by atoms with Crippen molar-refractivity contribution in [3.05, 3.63) is 59.2 Å².